The third kappa shape index (κ3) is 4.43. The Kier molecular flexibility index (Phi) is 4.60. The molecule has 0 saturated carbocycles. The van der Waals surface area contributed by atoms with Gasteiger partial charge in [-0.3, -0.25) is 0 Å². The first-order chi connectivity index (χ1) is 6.10. The quantitative estimate of drug-likeness (QED) is 0.755. The van der Waals surface area contributed by atoms with Crippen LogP contribution in [0.2, 0.25) is 0 Å². The van der Waals surface area contributed by atoms with Gasteiger partial charge in [-0.15, -0.1) is 0 Å². The van der Waals surface area contributed by atoms with Gasteiger partial charge in [-0.25, -0.2) is 0 Å². The van der Waals surface area contributed by atoms with Crippen LogP contribution in [0.4, 0.5) is 0 Å². The maximum atomic E-state index is 9.20. The second-order valence-electron chi connectivity index (χ2n) is 6.28. The van der Waals surface area contributed by atoms with Crippen molar-refractivity contribution in [1.82, 2.24) is 4.90 Å². The molecular weight excluding hydrogens is 174 g/mol. The zero-order valence-electron chi connectivity index (χ0n) is 10.9. The third-order valence-corrected chi connectivity index (χ3v) is 3.02. The van der Waals surface area contributed by atoms with Crippen LogP contribution in [-0.4, -0.2) is 36.2 Å². The second kappa shape index (κ2) is 4.63. The van der Waals surface area contributed by atoms with E-state index in [0.29, 0.717) is 11.5 Å². The summed E-state index contributed by atoms with van der Waals surface area (Å²) in [4.78, 5) is 2.33. The molecule has 0 spiro atoms. The molecule has 0 saturated heterocycles. The van der Waals surface area contributed by atoms with Gasteiger partial charge in [-0.05, 0) is 19.4 Å². The topological polar surface area (TPSA) is 23.5 Å². The SMILES string of the molecule is CC(N(C)CC(C)(C)CO)C(C)(C)C. The summed E-state index contributed by atoms with van der Waals surface area (Å²) in [5, 5.41) is 9.20. The van der Waals surface area contributed by atoms with Crippen molar-refractivity contribution < 1.29 is 5.11 Å². The molecule has 2 nitrogen and oxygen atoms in total. The minimum Gasteiger partial charge on any atom is -0.396 e. The molecule has 14 heavy (non-hydrogen) atoms. The van der Waals surface area contributed by atoms with E-state index >= 15 is 0 Å². The zero-order valence-corrected chi connectivity index (χ0v) is 10.9. The van der Waals surface area contributed by atoms with Crippen molar-refractivity contribution in [3.8, 4) is 0 Å². The van der Waals surface area contributed by atoms with Crippen LogP contribution in [0, 0.1) is 10.8 Å². The van der Waals surface area contributed by atoms with Gasteiger partial charge in [-0.2, -0.15) is 0 Å². The van der Waals surface area contributed by atoms with Gasteiger partial charge in [0.1, 0.15) is 0 Å². The lowest BCUT2D eigenvalue weighted by molar-refractivity contribution is 0.0647. The molecule has 0 bridgehead atoms. The predicted octanol–water partition coefficient (Wildman–Crippen LogP) is 2.37. The van der Waals surface area contributed by atoms with E-state index in [9.17, 15) is 5.11 Å². The van der Waals surface area contributed by atoms with Crippen molar-refractivity contribution in [1.29, 1.82) is 0 Å². The molecule has 1 atom stereocenters. The summed E-state index contributed by atoms with van der Waals surface area (Å²) in [5.74, 6) is 0. The standard InChI is InChI=1S/C12H27NO/c1-10(11(2,3)4)13(7)8-12(5,6)9-14/h10,14H,8-9H2,1-7H3. The highest BCUT2D eigenvalue weighted by atomic mass is 16.3. The Hall–Kier alpha value is -0.0800. The third-order valence-electron chi connectivity index (χ3n) is 3.02. The Morgan fingerprint density at radius 1 is 1.14 bits per heavy atom. The molecule has 0 amide bonds. The minimum atomic E-state index is -0.00569. The predicted molar refractivity (Wildman–Crippen MR) is 62.4 cm³/mol. The number of aliphatic hydroxyl groups excluding tert-OH is 1. The Morgan fingerprint density at radius 3 is 1.86 bits per heavy atom. The average Bonchev–Trinajstić information content (AvgIpc) is 2.00. The van der Waals surface area contributed by atoms with E-state index in [4.69, 9.17) is 0 Å². The van der Waals surface area contributed by atoms with E-state index in [-0.39, 0.29) is 12.0 Å². The van der Waals surface area contributed by atoms with Gasteiger partial charge in [0, 0.05) is 24.6 Å². The summed E-state index contributed by atoms with van der Waals surface area (Å²) >= 11 is 0. The highest BCUT2D eigenvalue weighted by Gasteiger charge is 2.27. The van der Waals surface area contributed by atoms with Gasteiger partial charge in [0.15, 0.2) is 0 Å². The molecule has 0 fully saturated rings. The smallest absolute Gasteiger partial charge is 0.0494 e. The molecule has 0 aliphatic heterocycles. The lowest BCUT2D eigenvalue weighted by atomic mass is 9.85. The van der Waals surface area contributed by atoms with Crippen molar-refractivity contribution in [2.24, 2.45) is 10.8 Å². The molecule has 1 N–H and O–H groups in total. The molecule has 0 aliphatic rings. The van der Waals surface area contributed by atoms with Crippen LogP contribution in [0.15, 0.2) is 0 Å². The van der Waals surface area contributed by atoms with Crippen LogP contribution in [-0.2, 0) is 0 Å². The van der Waals surface area contributed by atoms with E-state index in [0.717, 1.165) is 6.54 Å². The first kappa shape index (κ1) is 13.9. The molecule has 1 unspecified atom stereocenters. The minimum absolute atomic E-state index is 0.00569. The second-order valence-corrected chi connectivity index (χ2v) is 6.28. The Labute approximate surface area is 89.3 Å². The van der Waals surface area contributed by atoms with Crippen LogP contribution < -0.4 is 0 Å². The van der Waals surface area contributed by atoms with Crippen LogP contribution in [0.1, 0.15) is 41.5 Å². The molecule has 0 heterocycles. The fraction of sp³-hybridized carbons (Fsp3) is 1.00. The molecular formula is C12H27NO. The van der Waals surface area contributed by atoms with Crippen molar-refractivity contribution in [3.05, 3.63) is 0 Å². The highest BCUT2D eigenvalue weighted by molar-refractivity contribution is 4.81. The first-order valence-corrected chi connectivity index (χ1v) is 5.41. The highest BCUT2D eigenvalue weighted by Crippen LogP contribution is 2.25. The van der Waals surface area contributed by atoms with Crippen molar-refractivity contribution in [2.75, 3.05) is 20.2 Å². The molecule has 0 aliphatic carbocycles. The maximum Gasteiger partial charge on any atom is 0.0494 e. The Balaban J connectivity index is 4.28. The van der Waals surface area contributed by atoms with E-state index in [1.54, 1.807) is 0 Å². The van der Waals surface area contributed by atoms with Crippen LogP contribution in [0.25, 0.3) is 0 Å². The van der Waals surface area contributed by atoms with Crippen molar-refractivity contribution in [2.45, 2.75) is 47.6 Å². The number of hydrogen-bond donors (Lipinski definition) is 1. The zero-order chi connectivity index (χ0) is 11.6. The number of nitrogens with zero attached hydrogens (tertiary/aromatic N) is 1. The van der Waals surface area contributed by atoms with Gasteiger partial charge in [-0.1, -0.05) is 34.6 Å². The van der Waals surface area contributed by atoms with E-state index < -0.39 is 0 Å². The van der Waals surface area contributed by atoms with E-state index in [1.807, 2.05) is 0 Å². The first-order valence-electron chi connectivity index (χ1n) is 5.41. The van der Waals surface area contributed by atoms with Gasteiger partial charge in [0.2, 0.25) is 0 Å². The number of hydrogen-bond acceptors (Lipinski definition) is 2. The maximum absolute atomic E-state index is 9.20. The molecule has 0 radical (unpaired) electrons. The summed E-state index contributed by atoms with van der Waals surface area (Å²) in [5.41, 5.74) is 0.286. The van der Waals surface area contributed by atoms with Gasteiger partial charge >= 0.3 is 0 Å². The summed E-state index contributed by atoms with van der Waals surface area (Å²) in [6, 6.07) is 0.522. The molecule has 0 aromatic rings. The summed E-state index contributed by atoms with van der Waals surface area (Å²) < 4.78 is 0. The molecule has 2 heteroatoms. The van der Waals surface area contributed by atoms with E-state index in [2.05, 4.69) is 53.5 Å². The Morgan fingerprint density at radius 2 is 1.57 bits per heavy atom. The van der Waals surface area contributed by atoms with Crippen LogP contribution >= 0.6 is 0 Å². The largest absolute Gasteiger partial charge is 0.396 e. The summed E-state index contributed by atoms with van der Waals surface area (Å²) in [7, 11) is 2.13. The monoisotopic (exact) mass is 201 g/mol. The molecule has 0 aromatic heterocycles. The lowest BCUT2D eigenvalue weighted by Gasteiger charge is -2.39. The Bertz CT molecular complexity index is 170. The van der Waals surface area contributed by atoms with Gasteiger partial charge in [0.05, 0.1) is 0 Å². The van der Waals surface area contributed by atoms with E-state index in [1.165, 1.54) is 0 Å². The van der Waals surface area contributed by atoms with Crippen LogP contribution in [0.5, 0.6) is 0 Å². The summed E-state index contributed by atoms with van der Waals surface area (Å²) in [6.07, 6.45) is 0. The van der Waals surface area contributed by atoms with Gasteiger partial charge < -0.3 is 10.0 Å². The summed E-state index contributed by atoms with van der Waals surface area (Å²) in [6.45, 7) is 14.4. The fourth-order valence-corrected chi connectivity index (χ4v) is 1.52. The normalized spacial score (nSPS) is 16.1. The molecule has 86 valence electrons. The average molecular weight is 201 g/mol. The lowest BCUT2D eigenvalue weighted by Crippen LogP contribution is -2.44. The van der Waals surface area contributed by atoms with Gasteiger partial charge in [0.25, 0.3) is 0 Å². The molecule has 0 rings (SSSR count). The number of aliphatic hydroxyl groups is 1. The van der Waals surface area contributed by atoms with Crippen LogP contribution in [0.3, 0.4) is 0 Å². The number of rotatable bonds is 4. The fourth-order valence-electron chi connectivity index (χ4n) is 1.52. The molecule has 0 aromatic carbocycles. The van der Waals surface area contributed by atoms with Crippen molar-refractivity contribution in [3.63, 3.8) is 0 Å². The van der Waals surface area contributed by atoms with Crippen molar-refractivity contribution >= 4 is 0 Å².